The second kappa shape index (κ2) is 11.3. The minimum atomic E-state index is -1.21. The molecule has 3 aromatic carbocycles. The largest absolute Gasteiger partial charge is 0.497 e. The molecule has 0 spiro atoms. The fourth-order valence-corrected chi connectivity index (χ4v) is 3.40. The first-order valence-electron chi connectivity index (χ1n) is 10.6. The van der Waals surface area contributed by atoms with E-state index in [2.05, 4.69) is 66.5 Å². The molecule has 11 nitrogen and oxygen atoms in total. The molecule has 0 unspecified atom stereocenters. The van der Waals surface area contributed by atoms with E-state index >= 15 is 0 Å². The number of non-ortho nitro benzene ring substituents is 1. The van der Waals surface area contributed by atoms with Gasteiger partial charge in [0.05, 0.1) is 26.9 Å². The lowest BCUT2D eigenvalue weighted by Crippen LogP contribution is -1.97. The summed E-state index contributed by atoms with van der Waals surface area (Å²) in [5.74, 6) is -1.21. The number of rotatable bonds is 6. The molecule has 36 heavy (non-hydrogen) atoms. The molecule has 182 valence electrons. The zero-order valence-corrected chi connectivity index (χ0v) is 19.0. The number of phenolic OH excluding ortho intramolecular Hbond substituents is 1. The number of nitro groups is 3. The Hall–Kier alpha value is -5.19. The smallest absolute Gasteiger partial charge is 0.324 e. The Kier molecular flexibility index (Phi) is 7.98. The molecule has 4 aromatic rings. The maximum Gasteiger partial charge on any atom is 0.324 e. The summed E-state index contributed by atoms with van der Waals surface area (Å²) in [4.78, 5) is 32.4. The summed E-state index contributed by atoms with van der Waals surface area (Å²) in [6.07, 6.45) is 2.92. The monoisotopic (exact) mass is 488 g/mol. The van der Waals surface area contributed by atoms with Gasteiger partial charge in [-0.25, -0.2) is 0 Å². The molecule has 0 saturated heterocycles. The average molecular weight is 488 g/mol. The minimum Gasteiger partial charge on any atom is -0.497 e. The van der Waals surface area contributed by atoms with Crippen LogP contribution in [0.3, 0.4) is 0 Å². The van der Waals surface area contributed by atoms with Crippen molar-refractivity contribution in [1.82, 2.24) is 4.98 Å². The topological polar surface area (TPSA) is 163 Å². The maximum atomic E-state index is 10.4. The van der Waals surface area contributed by atoms with E-state index in [4.69, 9.17) is 5.11 Å². The van der Waals surface area contributed by atoms with E-state index in [1.807, 2.05) is 18.3 Å². The van der Waals surface area contributed by atoms with Crippen molar-refractivity contribution in [3.05, 3.63) is 121 Å². The molecule has 0 bridgehead atoms. The predicted octanol–water partition coefficient (Wildman–Crippen LogP) is 6.09. The Balaban J connectivity index is 0.000000207. The SMILES string of the molecule is CCc1ncc(-c2ccccc2)cc1-c1ccccc1.O=[N+]([O-])c1cc([N+](=O)[O-])c(O)c([N+](=O)[O-])c1. The van der Waals surface area contributed by atoms with E-state index in [9.17, 15) is 30.3 Å². The lowest BCUT2D eigenvalue weighted by molar-refractivity contribution is -0.404. The van der Waals surface area contributed by atoms with Crippen molar-refractivity contribution in [2.24, 2.45) is 0 Å². The third kappa shape index (κ3) is 5.83. The van der Waals surface area contributed by atoms with Crippen molar-refractivity contribution in [3.63, 3.8) is 0 Å². The Bertz CT molecular complexity index is 1380. The number of benzene rings is 3. The van der Waals surface area contributed by atoms with Gasteiger partial charge in [-0.1, -0.05) is 67.6 Å². The van der Waals surface area contributed by atoms with Crippen molar-refractivity contribution in [1.29, 1.82) is 0 Å². The first-order valence-corrected chi connectivity index (χ1v) is 10.6. The molecular weight excluding hydrogens is 468 g/mol. The molecule has 4 rings (SSSR count). The van der Waals surface area contributed by atoms with Gasteiger partial charge in [-0.05, 0) is 23.6 Å². The number of phenols is 1. The van der Waals surface area contributed by atoms with Crippen molar-refractivity contribution in [3.8, 4) is 28.0 Å². The Labute approximate surface area is 204 Å². The average Bonchev–Trinajstić information content (AvgIpc) is 2.89. The quantitative estimate of drug-likeness (QED) is 0.251. The molecule has 11 heteroatoms. The molecule has 0 aliphatic heterocycles. The number of nitro benzene ring substituents is 3. The number of aryl methyl sites for hydroxylation is 1. The van der Waals surface area contributed by atoms with E-state index in [-0.39, 0.29) is 0 Å². The van der Waals surface area contributed by atoms with Crippen molar-refractivity contribution >= 4 is 17.1 Å². The molecule has 0 atom stereocenters. The van der Waals surface area contributed by atoms with E-state index in [0.717, 1.165) is 12.1 Å². The number of hydrogen-bond acceptors (Lipinski definition) is 8. The van der Waals surface area contributed by atoms with Crippen LogP contribution in [-0.2, 0) is 6.42 Å². The molecule has 0 aliphatic carbocycles. The lowest BCUT2D eigenvalue weighted by atomic mass is 9.98. The van der Waals surface area contributed by atoms with Gasteiger partial charge in [-0.2, -0.15) is 0 Å². The Morgan fingerprint density at radius 1 is 0.722 bits per heavy atom. The third-order valence-electron chi connectivity index (χ3n) is 5.16. The number of aromatic hydroxyl groups is 1. The lowest BCUT2D eigenvalue weighted by Gasteiger charge is -2.10. The molecule has 0 amide bonds. The minimum absolute atomic E-state index is 0.447. The van der Waals surface area contributed by atoms with Crippen LogP contribution in [0.5, 0.6) is 5.75 Å². The van der Waals surface area contributed by atoms with Crippen LogP contribution in [0.15, 0.2) is 85.1 Å². The Morgan fingerprint density at radius 3 is 1.67 bits per heavy atom. The second-order valence-electron chi connectivity index (χ2n) is 7.41. The predicted molar refractivity (Wildman–Crippen MR) is 133 cm³/mol. The third-order valence-corrected chi connectivity index (χ3v) is 5.16. The van der Waals surface area contributed by atoms with Gasteiger partial charge in [0.15, 0.2) is 0 Å². The van der Waals surface area contributed by atoms with Gasteiger partial charge in [-0.3, -0.25) is 35.3 Å². The maximum absolute atomic E-state index is 10.4. The summed E-state index contributed by atoms with van der Waals surface area (Å²) in [5.41, 5.74) is 2.99. The molecule has 0 fully saturated rings. The van der Waals surface area contributed by atoms with E-state index < -0.39 is 37.6 Å². The standard InChI is InChI=1S/C19H17N.C6H3N3O7/c1-2-19-18(16-11-7-4-8-12-16)13-17(14-20-19)15-9-5-3-6-10-15;10-6-4(8(13)14)1-3(7(11)12)2-5(6)9(15)16/h3-14H,2H2,1H3;1-2,10H. The highest BCUT2D eigenvalue weighted by Gasteiger charge is 2.30. The highest BCUT2D eigenvalue weighted by molar-refractivity contribution is 5.73. The highest BCUT2D eigenvalue weighted by Crippen LogP contribution is 2.39. The van der Waals surface area contributed by atoms with Crippen molar-refractivity contribution in [2.45, 2.75) is 13.3 Å². The second-order valence-corrected chi connectivity index (χ2v) is 7.41. The van der Waals surface area contributed by atoms with Crippen LogP contribution in [-0.4, -0.2) is 24.9 Å². The summed E-state index contributed by atoms with van der Waals surface area (Å²) < 4.78 is 0. The molecule has 0 aliphatic rings. The first-order chi connectivity index (χ1) is 17.2. The molecule has 1 aromatic heterocycles. The molecule has 0 saturated carbocycles. The highest BCUT2D eigenvalue weighted by atomic mass is 16.6. The summed E-state index contributed by atoms with van der Waals surface area (Å²) in [6.45, 7) is 2.15. The van der Waals surface area contributed by atoms with Gasteiger partial charge >= 0.3 is 11.4 Å². The summed E-state index contributed by atoms with van der Waals surface area (Å²) in [5, 5.41) is 40.2. The molecule has 0 radical (unpaired) electrons. The zero-order chi connectivity index (χ0) is 26.2. The zero-order valence-electron chi connectivity index (χ0n) is 19.0. The van der Waals surface area contributed by atoms with Gasteiger partial charge in [0.2, 0.25) is 0 Å². The summed E-state index contributed by atoms with van der Waals surface area (Å²) in [6, 6.07) is 24.0. The van der Waals surface area contributed by atoms with E-state index in [1.165, 1.54) is 22.3 Å². The van der Waals surface area contributed by atoms with Crippen molar-refractivity contribution in [2.75, 3.05) is 0 Å². The molecular formula is C25H20N4O7. The van der Waals surface area contributed by atoms with E-state index in [0.29, 0.717) is 12.1 Å². The van der Waals surface area contributed by atoms with Crippen LogP contribution in [0.2, 0.25) is 0 Å². The van der Waals surface area contributed by atoms with Gasteiger partial charge in [0.25, 0.3) is 11.4 Å². The number of hydrogen-bond donors (Lipinski definition) is 1. The molecule has 1 N–H and O–H groups in total. The van der Waals surface area contributed by atoms with Crippen LogP contribution in [0.4, 0.5) is 17.1 Å². The number of nitrogens with zero attached hydrogens (tertiary/aromatic N) is 4. The normalized spacial score (nSPS) is 10.1. The number of aromatic nitrogens is 1. The fourth-order valence-electron chi connectivity index (χ4n) is 3.40. The van der Waals surface area contributed by atoms with Gasteiger partial charge in [0, 0.05) is 23.0 Å². The number of pyridine rings is 1. The van der Waals surface area contributed by atoms with Gasteiger partial charge in [0.1, 0.15) is 0 Å². The van der Waals surface area contributed by atoms with Crippen LogP contribution in [0, 0.1) is 30.3 Å². The fraction of sp³-hybridized carbons (Fsp3) is 0.0800. The van der Waals surface area contributed by atoms with Gasteiger partial charge < -0.3 is 5.11 Å². The molecule has 1 heterocycles. The summed E-state index contributed by atoms with van der Waals surface area (Å²) >= 11 is 0. The van der Waals surface area contributed by atoms with Crippen molar-refractivity contribution < 1.29 is 19.9 Å². The van der Waals surface area contributed by atoms with Crippen LogP contribution in [0.25, 0.3) is 22.3 Å². The summed E-state index contributed by atoms with van der Waals surface area (Å²) in [7, 11) is 0. The Morgan fingerprint density at radius 2 is 1.22 bits per heavy atom. The van der Waals surface area contributed by atoms with Crippen LogP contribution in [0.1, 0.15) is 12.6 Å². The van der Waals surface area contributed by atoms with Crippen LogP contribution < -0.4 is 0 Å². The van der Waals surface area contributed by atoms with E-state index in [1.54, 1.807) is 0 Å². The van der Waals surface area contributed by atoms with Crippen LogP contribution >= 0.6 is 0 Å². The first kappa shape index (κ1) is 25.4. The van der Waals surface area contributed by atoms with Gasteiger partial charge in [-0.15, -0.1) is 0 Å².